The fourth-order valence-electron chi connectivity index (χ4n) is 4.55. The number of alkyl halides is 3. The fourth-order valence-corrected chi connectivity index (χ4v) is 6.06. The van der Waals surface area contributed by atoms with Gasteiger partial charge in [0.25, 0.3) is 0 Å². The third-order valence-corrected chi connectivity index (χ3v) is 8.47. The third-order valence-electron chi connectivity index (χ3n) is 6.87. The molecule has 3 heterocycles. The lowest BCUT2D eigenvalue weighted by Gasteiger charge is -2.29. The van der Waals surface area contributed by atoms with Crippen molar-refractivity contribution < 1.29 is 27.9 Å². The first-order valence-electron chi connectivity index (χ1n) is 13.2. The number of hydrogen-bond acceptors (Lipinski definition) is 9. The molecule has 14 heteroatoms. The zero-order valence-electron chi connectivity index (χ0n) is 22.8. The van der Waals surface area contributed by atoms with E-state index in [0.29, 0.717) is 34.6 Å². The molecule has 2 saturated heterocycles. The van der Waals surface area contributed by atoms with Gasteiger partial charge in [-0.15, -0.1) is 11.8 Å². The Labute approximate surface area is 236 Å². The van der Waals surface area contributed by atoms with E-state index in [4.69, 9.17) is 0 Å². The third kappa shape index (κ3) is 8.82. The number of nitrogens with zero attached hydrogens (tertiary/aromatic N) is 4. The van der Waals surface area contributed by atoms with Crippen LogP contribution in [0, 0.1) is 23.2 Å². The van der Waals surface area contributed by atoms with Gasteiger partial charge in [-0.1, -0.05) is 19.9 Å². The van der Waals surface area contributed by atoms with Crippen LogP contribution in [0.5, 0.6) is 0 Å². The topological polar surface area (TPSA) is 134 Å². The van der Waals surface area contributed by atoms with E-state index in [1.165, 1.54) is 4.90 Å². The van der Waals surface area contributed by atoms with E-state index < -0.39 is 36.1 Å². The minimum absolute atomic E-state index is 0.139. The van der Waals surface area contributed by atoms with E-state index in [9.17, 15) is 33.1 Å². The molecule has 3 rings (SSSR count). The van der Waals surface area contributed by atoms with Gasteiger partial charge in [-0.25, -0.2) is 4.98 Å². The van der Waals surface area contributed by atoms with E-state index in [2.05, 4.69) is 27.4 Å². The van der Waals surface area contributed by atoms with Crippen LogP contribution in [-0.4, -0.2) is 88.8 Å². The number of hydrogen-bond donors (Lipinski definition) is 4. The molecule has 10 nitrogen and oxygen atoms in total. The van der Waals surface area contributed by atoms with Gasteiger partial charge in [0, 0.05) is 11.4 Å². The molecule has 0 spiro atoms. The van der Waals surface area contributed by atoms with Crippen LogP contribution in [0.15, 0.2) is 28.7 Å². The second-order valence-electron chi connectivity index (χ2n) is 10.1. The number of aliphatic hydroxyl groups excluding tert-OH is 1. The SMILES string of the molecule is CCN1C(O)/C(=C(\C)CNc2cccc(NC(=O)CN3CCC(C)CC3)n2)SC1[C@H](C#N)C(=O)NCC(F)(F)F. The highest BCUT2D eigenvalue weighted by Crippen LogP contribution is 2.43. The molecule has 4 N–H and O–H groups in total. The van der Waals surface area contributed by atoms with Crippen molar-refractivity contribution in [3.05, 3.63) is 28.7 Å². The van der Waals surface area contributed by atoms with E-state index in [-0.39, 0.29) is 19.0 Å². The summed E-state index contributed by atoms with van der Waals surface area (Å²) < 4.78 is 37.7. The first kappa shape index (κ1) is 31.7. The molecule has 0 aliphatic carbocycles. The molecule has 1 aromatic rings. The van der Waals surface area contributed by atoms with Gasteiger partial charge in [-0.05, 0) is 63.0 Å². The lowest BCUT2D eigenvalue weighted by atomic mass is 9.99. The molecule has 0 radical (unpaired) electrons. The normalized spacial score (nSPS) is 22.9. The van der Waals surface area contributed by atoms with Crippen LogP contribution >= 0.6 is 11.8 Å². The van der Waals surface area contributed by atoms with Crippen molar-refractivity contribution >= 4 is 35.2 Å². The molecule has 2 amide bonds. The molecule has 0 bridgehead atoms. The van der Waals surface area contributed by atoms with E-state index in [1.54, 1.807) is 43.4 Å². The minimum atomic E-state index is -4.60. The molecule has 2 aliphatic heterocycles. The number of amides is 2. The number of nitriles is 1. The molecule has 40 heavy (non-hydrogen) atoms. The quantitative estimate of drug-likeness (QED) is 0.328. The molecule has 1 aromatic heterocycles. The first-order chi connectivity index (χ1) is 18.9. The lowest BCUT2D eigenvalue weighted by molar-refractivity contribution is -0.140. The maximum Gasteiger partial charge on any atom is 0.405 e. The summed E-state index contributed by atoms with van der Waals surface area (Å²) in [6.07, 6.45) is -3.57. The number of rotatable bonds is 10. The van der Waals surface area contributed by atoms with E-state index in [0.717, 1.165) is 37.7 Å². The van der Waals surface area contributed by atoms with Crippen LogP contribution < -0.4 is 16.0 Å². The molecular formula is C26H36F3N7O3S. The zero-order valence-corrected chi connectivity index (χ0v) is 23.6. The van der Waals surface area contributed by atoms with Gasteiger partial charge in [0.2, 0.25) is 11.8 Å². The number of carbonyl (C=O) groups is 2. The van der Waals surface area contributed by atoms with Gasteiger partial charge in [-0.3, -0.25) is 19.4 Å². The maximum absolute atomic E-state index is 12.6. The second-order valence-corrected chi connectivity index (χ2v) is 11.2. The molecule has 2 fully saturated rings. The van der Waals surface area contributed by atoms with Crippen molar-refractivity contribution in [2.45, 2.75) is 51.4 Å². The second kappa shape index (κ2) is 14.2. The van der Waals surface area contributed by atoms with Crippen molar-refractivity contribution in [3.63, 3.8) is 0 Å². The molecule has 2 unspecified atom stereocenters. The van der Waals surface area contributed by atoms with Crippen LogP contribution in [0.3, 0.4) is 0 Å². The molecule has 220 valence electrons. The number of likely N-dealkylation sites (tertiary alicyclic amines) is 1. The van der Waals surface area contributed by atoms with E-state index >= 15 is 0 Å². The number of likely N-dealkylation sites (N-methyl/N-ethyl adjacent to an activating group) is 1. The van der Waals surface area contributed by atoms with Crippen molar-refractivity contribution in [1.82, 2.24) is 20.1 Å². The van der Waals surface area contributed by atoms with Gasteiger partial charge < -0.3 is 21.1 Å². The van der Waals surface area contributed by atoms with Crippen molar-refractivity contribution in [3.8, 4) is 6.07 Å². The van der Waals surface area contributed by atoms with E-state index in [1.807, 2.05) is 0 Å². The number of carbonyl (C=O) groups excluding carboxylic acids is 2. The molecule has 0 aromatic carbocycles. The molecule has 2 aliphatic rings. The number of thioether (sulfide) groups is 1. The van der Waals surface area contributed by atoms with Gasteiger partial charge in [0.1, 0.15) is 30.3 Å². The number of aliphatic hydroxyl groups is 1. The summed E-state index contributed by atoms with van der Waals surface area (Å²) in [7, 11) is 0. The van der Waals surface area contributed by atoms with Gasteiger partial charge in [0.15, 0.2) is 0 Å². The maximum atomic E-state index is 12.6. The Morgan fingerprint density at radius 1 is 1.27 bits per heavy atom. The van der Waals surface area contributed by atoms with Crippen LogP contribution in [0.1, 0.15) is 33.6 Å². The van der Waals surface area contributed by atoms with Gasteiger partial charge in [-0.2, -0.15) is 18.4 Å². The first-order valence-corrected chi connectivity index (χ1v) is 14.1. The van der Waals surface area contributed by atoms with Crippen LogP contribution in [-0.2, 0) is 9.59 Å². The highest BCUT2D eigenvalue weighted by molar-refractivity contribution is 8.04. The Bertz CT molecular complexity index is 1120. The summed E-state index contributed by atoms with van der Waals surface area (Å²) in [5.74, 6) is -1.03. The Morgan fingerprint density at radius 3 is 2.58 bits per heavy atom. The monoisotopic (exact) mass is 583 g/mol. The molecular weight excluding hydrogens is 547 g/mol. The van der Waals surface area contributed by atoms with Crippen LogP contribution in [0.25, 0.3) is 0 Å². The summed E-state index contributed by atoms with van der Waals surface area (Å²) in [6, 6.07) is 6.97. The number of anilines is 2. The number of pyridine rings is 1. The molecule has 0 saturated carbocycles. The van der Waals surface area contributed by atoms with Crippen LogP contribution in [0.4, 0.5) is 24.8 Å². The number of piperidine rings is 1. The molecule has 3 atom stereocenters. The highest BCUT2D eigenvalue weighted by Gasteiger charge is 2.44. The summed E-state index contributed by atoms with van der Waals surface area (Å²) in [5.41, 5.74) is 0.710. The summed E-state index contributed by atoms with van der Waals surface area (Å²) >= 11 is 1.09. The standard InChI is InChI=1S/C26H36F3N7O3S/c1-4-36-24(39)22(40-25(36)18(12-30)23(38)32-15-26(27,28)29)17(3)13-31-19-6-5-7-20(33-19)34-21(37)14-35-10-8-16(2)9-11-35/h5-7,16,18,24-25,39H,4,8-11,13-15H2,1-3H3,(H,32,38)(H2,31,33,34,37)/b22-17-/t18-,24?,25?/m1/s1. The Balaban J connectivity index is 1.61. The lowest BCUT2D eigenvalue weighted by Crippen LogP contribution is -2.46. The smallest absolute Gasteiger partial charge is 0.373 e. The average molecular weight is 584 g/mol. The Hall–Kier alpha value is -2.86. The van der Waals surface area contributed by atoms with Crippen molar-refractivity contribution in [2.24, 2.45) is 11.8 Å². The highest BCUT2D eigenvalue weighted by atomic mass is 32.2. The number of nitrogens with one attached hydrogen (secondary N) is 3. The fraction of sp³-hybridized carbons (Fsp3) is 0.615. The summed E-state index contributed by atoms with van der Waals surface area (Å²) in [4.78, 5) is 33.4. The Kier molecular flexibility index (Phi) is 11.2. The van der Waals surface area contributed by atoms with Gasteiger partial charge >= 0.3 is 6.18 Å². The number of aromatic nitrogens is 1. The van der Waals surface area contributed by atoms with Crippen molar-refractivity contribution in [2.75, 3.05) is 49.9 Å². The van der Waals surface area contributed by atoms with Crippen molar-refractivity contribution in [1.29, 1.82) is 5.26 Å². The predicted molar refractivity (Wildman–Crippen MR) is 147 cm³/mol. The van der Waals surface area contributed by atoms with Crippen LogP contribution in [0.2, 0.25) is 0 Å². The summed E-state index contributed by atoms with van der Waals surface area (Å²) in [6.45, 7) is 6.80. The predicted octanol–water partition coefficient (Wildman–Crippen LogP) is 2.97. The van der Waals surface area contributed by atoms with Gasteiger partial charge in [0.05, 0.1) is 18.0 Å². The minimum Gasteiger partial charge on any atom is -0.373 e. The average Bonchev–Trinajstić information content (AvgIpc) is 3.23. The number of halogens is 3. The summed E-state index contributed by atoms with van der Waals surface area (Å²) in [5, 5.41) is 27.3. The largest absolute Gasteiger partial charge is 0.405 e. The zero-order chi connectivity index (χ0) is 29.4. The Morgan fingerprint density at radius 2 is 1.95 bits per heavy atom.